The van der Waals surface area contributed by atoms with E-state index in [1.807, 2.05) is 19.1 Å². The zero-order chi connectivity index (χ0) is 18.6. The Labute approximate surface area is 147 Å². The summed E-state index contributed by atoms with van der Waals surface area (Å²) in [7, 11) is 4.11. The predicted octanol–water partition coefficient (Wildman–Crippen LogP) is 0.190. The molecule has 7 heteroatoms. The van der Waals surface area contributed by atoms with Crippen molar-refractivity contribution < 1.29 is 19.3 Å². The van der Waals surface area contributed by atoms with Crippen LogP contribution in [0.5, 0.6) is 0 Å². The molecule has 0 aliphatic carbocycles. The van der Waals surface area contributed by atoms with Crippen molar-refractivity contribution in [2.45, 2.75) is 20.3 Å². The van der Waals surface area contributed by atoms with Gasteiger partial charge in [0.05, 0.1) is 26.3 Å². The van der Waals surface area contributed by atoms with Crippen LogP contribution in [0.15, 0.2) is 29.3 Å². The number of anilines is 1. The number of benzene rings is 1. The number of imide groups is 2. The van der Waals surface area contributed by atoms with E-state index in [0.717, 1.165) is 23.4 Å². The summed E-state index contributed by atoms with van der Waals surface area (Å²) in [6.07, 6.45) is 0.864. The minimum absolute atomic E-state index is 0.431. The summed E-state index contributed by atoms with van der Waals surface area (Å²) in [6.45, 7) is 5.08. The fourth-order valence-corrected chi connectivity index (χ4v) is 2.66. The van der Waals surface area contributed by atoms with E-state index in [4.69, 9.17) is 0 Å². The maximum absolute atomic E-state index is 12.8. The van der Waals surface area contributed by atoms with Gasteiger partial charge in [0.1, 0.15) is 0 Å². The maximum atomic E-state index is 12.8. The number of nitrogens with zero attached hydrogens (tertiary/aromatic N) is 2. The van der Waals surface area contributed by atoms with Crippen LogP contribution in [0.2, 0.25) is 0 Å². The van der Waals surface area contributed by atoms with Gasteiger partial charge in [0.25, 0.3) is 5.91 Å². The molecule has 1 atom stereocenters. The first-order valence-electron chi connectivity index (χ1n) is 8.36. The number of urea groups is 1. The lowest BCUT2D eigenvalue weighted by Gasteiger charge is -2.30. The van der Waals surface area contributed by atoms with E-state index in [2.05, 4.69) is 24.4 Å². The molecule has 0 bridgehead atoms. The molecule has 0 radical (unpaired) electrons. The molecule has 0 unspecified atom stereocenters. The quantitative estimate of drug-likeness (QED) is 0.439. The van der Waals surface area contributed by atoms with Crippen LogP contribution in [0.25, 0.3) is 0 Å². The van der Waals surface area contributed by atoms with E-state index in [9.17, 15) is 14.4 Å². The van der Waals surface area contributed by atoms with Crippen LogP contribution in [0.1, 0.15) is 18.9 Å². The highest BCUT2D eigenvalue weighted by Crippen LogP contribution is 2.22. The Balaban J connectivity index is 2.19. The molecule has 7 nitrogen and oxygen atoms in total. The summed E-state index contributed by atoms with van der Waals surface area (Å²) in [5, 5.41) is 2.25. The van der Waals surface area contributed by atoms with Crippen LogP contribution >= 0.6 is 0 Å². The third-order valence-corrected chi connectivity index (χ3v) is 4.07. The van der Waals surface area contributed by atoms with Gasteiger partial charge in [0.2, 0.25) is 5.91 Å². The normalized spacial score (nSPS) is 18.8. The molecular formula is C18H25N4O3+. The van der Waals surface area contributed by atoms with Crippen molar-refractivity contribution >= 4 is 29.2 Å². The van der Waals surface area contributed by atoms with E-state index in [1.165, 1.54) is 4.90 Å². The number of carbonyl (C=O) groups excluding carboxylic acids is 3. The lowest BCUT2D eigenvalue weighted by atomic mass is 9.99. The first-order chi connectivity index (χ1) is 11.8. The van der Waals surface area contributed by atoms with Gasteiger partial charge in [-0.3, -0.25) is 19.9 Å². The molecular weight excluding hydrogens is 320 g/mol. The number of aryl methyl sites for hydroxylation is 1. The Morgan fingerprint density at radius 2 is 1.84 bits per heavy atom. The highest BCUT2D eigenvalue weighted by molar-refractivity contribution is 6.35. The summed E-state index contributed by atoms with van der Waals surface area (Å²) in [5.41, 5.74) is 1.89. The zero-order valence-electron chi connectivity index (χ0n) is 15.1. The van der Waals surface area contributed by atoms with Crippen molar-refractivity contribution in [3.05, 3.63) is 29.8 Å². The number of carbonyl (C=O) groups is 3. The van der Waals surface area contributed by atoms with Crippen LogP contribution in [-0.2, 0) is 9.59 Å². The summed E-state index contributed by atoms with van der Waals surface area (Å²) in [5.74, 6) is -2.24. The Hall–Kier alpha value is -2.54. The molecule has 0 spiro atoms. The molecule has 2 rings (SSSR count). The minimum Gasteiger partial charge on any atom is -0.340 e. The van der Waals surface area contributed by atoms with Gasteiger partial charge in [-0.15, -0.1) is 0 Å². The van der Waals surface area contributed by atoms with Crippen LogP contribution < -0.4 is 15.1 Å². The summed E-state index contributed by atoms with van der Waals surface area (Å²) in [4.78, 5) is 43.8. The largest absolute Gasteiger partial charge is 0.340 e. The summed E-state index contributed by atoms with van der Waals surface area (Å²) in [6, 6.07) is 6.27. The number of barbiturate groups is 1. The smallest absolute Gasteiger partial charge is 0.335 e. The molecule has 1 saturated heterocycles. The predicted molar refractivity (Wildman–Crippen MR) is 96.0 cm³/mol. The molecule has 4 amide bonds. The van der Waals surface area contributed by atoms with Crippen molar-refractivity contribution in [1.29, 1.82) is 0 Å². The Bertz CT molecular complexity index is 695. The SMILES string of the molecule is CC(=NCCC[NH+](C)C)[C@@H]1C(=O)NC(=O)N(c2ccc(C)cc2)C1=O. The molecule has 2 N–H and O–H groups in total. The first kappa shape index (κ1) is 18.8. The lowest BCUT2D eigenvalue weighted by molar-refractivity contribution is -0.858. The fourth-order valence-electron chi connectivity index (χ4n) is 2.66. The van der Waals surface area contributed by atoms with Crippen molar-refractivity contribution in [1.82, 2.24) is 5.32 Å². The fraction of sp³-hybridized carbons (Fsp3) is 0.444. The molecule has 1 aliphatic rings. The molecule has 0 aromatic heterocycles. The second-order valence-electron chi connectivity index (χ2n) is 6.57. The second-order valence-corrected chi connectivity index (χ2v) is 6.57. The Kier molecular flexibility index (Phi) is 6.03. The summed E-state index contributed by atoms with van der Waals surface area (Å²) < 4.78 is 0. The van der Waals surface area contributed by atoms with E-state index < -0.39 is 23.8 Å². The Morgan fingerprint density at radius 3 is 2.44 bits per heavy atom. The third-order valence-electron chi connectivity index (χ3n) is 4.07. The molecule has 1 aliphatic heterocycles. The number of hydrogen-bond donors (Lipinski definition) is 2. The van der Waals surface area contributed by atoms with Crippen LogP contribution in [0.4, 0.5) is 10.5 Å². The molecule has 1 heterocycles. The van der Waals surface area contributed by atoms with E-state index in [1.54, 1.807) is 19.1 Å². The molecule has 1 aromatic carbocycles. The number of amides is 4. The first-order valence-corrected chi connectivity index (χ1v) is 8.36. The highest BCUT2D eigenvalue weighted by atomic mass is 16.2. The monoisotopic (exact) mass is 345 g/mol. The Morgan fingerprint density at radius 1 is 1.20 bits per heavy atom. The van der Waals surface area contributed by atoms with Gasteiger partial charge >= 0.3 is 6.03 Å². The highest BCUT2D eigenvalue weighted by Gasteiger charge is 2.42. The minimum atomic E-state index is -1.06. The van der Waals surface area contributed by atoms with Gasteiger partial charge in [0, 0.05) is 18.7 Å². The zero-order valence-corrected chi connectivity index (χ0v) is 15.1. The molecule has 1 fully saturated rings. The van der Waals surface area contributed by atoms with E-state index >= 15 is 0 Å². The molecule has 25 heavy (non-hydrogen) atoms. The van der Waals surface area contributed by atoms with Gasteiger partial charge in [-0.2, -0.15) is 0 Å². The molecule has 1 aromatic rings. The summed E-state index contributed by atoms with van der Waals surface area (Å²) >= 11 is 0. The molecule has 0 saturated carbocycles. The van der Waals surface area contributed by atoms with Gasteiger partial charge in [-0.1, -0.05) is 17.7 Å². The number of nitrogens with one attached hydrogen (secondary N) is 2. The van der Waals surface area contributed by atoms with E-state index in [0.29, 0.717) is 17.9 Å². The van der Waals surface area contributed by atoms with Crippen molar-refractivity contribution in [3.8, 4) is 0 Å². The molecule has 134 valence electrons. The van der Waals surface area contributed by atoms with Gasteiger partial charge in [-0.05, 0) is 26.0 Å². The lowest BCUT2D eigenvalue weighted by Crippen LogP contribution is -3.05. The van der Waals surface area contributed by atoms with Gasteiger partial charge in [-0.25, -0.2) is 9.69 Å². The van der Waals surface area contributed by atoms with Crippen molar-refractivity contribution in [3.63, 3.8) is 0 Å². The van der Waals surface area contributed by atoms with Crippen molar-refractivity contribution in [2.24, 2.45) is 10.9 Å². The topological polar surface area (TPSA) is 83.3 Å². The number of rotatable bonds is 6. The number of aliphatic imine (C=N–C) groups is 1. The van der Waals surface area contributed by atoms with Crippen LogP contribution in [0.3, 0.4) is 0 Å². The maximum Gasteiger partial charge on any atom is 0.335 e. The third kappa shape index (κ3) is 4.51. The second kappa shape index (κ2) is 8.02. The average molecular weight is 345 g/mol. The average Bonchev–Trinajstić information content (AvgIpc) is 2.52. The number of hydrogen-bond acceptors (Lipinski definition) is 4. The van der Waals surface area contributed by atoms with Gasteiger partial charge < -0.3 is 4.90 Å². The van der Waals surface area contributed by atoms with Gasteiger partial charge in [0.15, 0.2) is 5.92 Å². The van der Waals surface area contributed by atoms with E-state index in [-0.39, 0.29) is 0 Å². The van der Waals surface area contributed by atoms with Crippen LogP contribution in [-0.4, -0.2) is 50.7 Å². The number of quaternary nitrogens is 1. The standard InChI is InChI=1S/C18H24N4O3/c1-12-6-8-14(9-7-12)22-17(24)15(16(23)20-18(22)25)13(2)19-10-5-11-21(3)4/h6-9,15H,5,10-11H2,1-4H3,(H,20,23,25)/p+1/t15-/m1/s1. The van der Waals surface area contributed by atoms with Crippen molar-refractivity contribution in [2.75, 3.05) is 32.1 Å². The van der Waals surface area contributed by atoms with Crippen LogP contribution in [0, 0.1) is 12.8 Å².